The molecule has 0 fully saturated rings. The van der Waals surface area contributed by atoms with Crippen LogP contribution in [0.15, 0.2) is 41.6 Å². The lowest BCUT2D eigenvalue weighted by atomic mass is 10.0. The SMILES string of the molecule is CS(=O)(=O)ON=C1COc2cc3ccccc3cc21. The summed E-state index contributed by atoms with van der Waals surface area (Å²) in [4.78, 5) is 0. The van der Waals surface area contributed by atoms with Gasteiger partial charge in [-0.15, -0.1) is 0 Å². The molecule has 0 amide bonds. The summed E-state index contributed by atoms with van der Waals surface area (Å²) >= 11 is 0. The topological polar surface area (TPSA) is 65.0 Å². The summed E-state index contributed by atoms with van der Waals surface area (Å²) in [5.41, 5.74) is 1.24. The van der Waals surface area contributed by atoms with Crippen LogP contribution in [0.1, 0.15) is 5.56 Å². The van der Waals surface area contributed by atoms with Crippen molar-refractivity contribution in [3.05, 3.63) is 42.0 Å². The summed E-state index contributed by atoms with van der Waals surface area (Å²) < 4.78 is 31.8. The Morgan fingerprint density at radius 3 is 2.58 bits per heavy atom. The van der Waals surface area contributed by atoms with E-state index < -0.39 is 10.1 Å². The largest absolute Gasteiger partial charge is 0.486 e. The molecule has 2 aromatic rings. The van der Waals surface area contributed by atoms with Gasteiger partial charge >= 0.3 is 10.1 Å². The molecule has 0 aromatic heterocycles. The van der Waals surface area contributed by atoms with Crippen LogP contribution in [0.4, 0.5) is 0 Å². The van der Waals surface area contributed by atoms with E-state index in [2.05, 4.69) is 9.44 Å². The Labute approximate surface area is 110 Å². The molecule has 0 radical (unpaired) electrons. The van der Waals surface area contributed by atoms with Crippen molar-refractivity contribution in [3.63, 3.8) is 0 Å². The predicted octanol–water partition coefficient (Wildman–Crippen LogP) is 1.91. The Bertz CT molecular complexity index is 780. The van der Waals surface area contributed by atoms with Gasteiger partial charge in [-0.3, -0.25) is 4.28 Å². The zero-order valence-electron chi connectivity index (χ0n) is 10.2. The van der Waals surface area contributed by atoms with Gasteiger partial charge in [0.25, 0.3) is 0 Å². The first-order chi connectivity index (χ1) is 9.03. The third-order valence-electron chi connectivity index (χ3n) is 2.81. The molecule has 1 aliphatic heterocycles. The van der Waals surface area contributed by atoms with E-state index in [0.717, 1.165) is 22.6 Å². The second-order valence-electron chi connectivity index (χ2n) is 4.30. The molecule has 3 rings (SSSR count). The van der Waals surface area contributed by atoms with E-state index in [0.29, 0.717) is 11.5 Å². The van der Waals surface area contributed by atoms with E-state index in [-0.39, 0.29) is 6.61 Å². The number of hydrogen-bond donors (Lipinski definition) is 0. The molecule has 0 spiro atoms. The fraction of sp³-hybridized carbons (Fsp3) is 0.154. The number of fused-ring (bicyclic) bond motifs is 2. The molecule has 0 atom stereocenters. The molecular formula is C13H11NO4S. The Balaban J connectivity index is 2.07. The highest BCUT2D eigenvalue weighted by atomic mass is 32.2. The molecule has 2 aromatic carbocycles. The van der Waals surface area contributed by atoms with E-state index in [1.54, 1.807) is 0 Å². The van der Waals surface area contributed by atoms with E-state index >= 15 is 0 Å². The van der Waals surface area contributed by atoms with Crippen molar-refractivity contribution >= 4 is 26.6 Å². The second kappa shape index (κ2) is 4.24. The van der Waals surface area contributed by atoms with Crippen LogP contribution in [0.5, 0.6) is 5.75 Å². The fourth-order valence-corrected chi connectivity index (χ4v) is 2.20. The molecule has 1 aliphatic rings. The molecule has 98 valence electrons. The van der Waals surface area contributed by atoms with Crippen LogP contribution in [0.3, 0.4) is 0 Å². The molecular weight excluding hydrogens is 266 g/mol. The van der Waals surface area contributed by atoms with Gasteiger partial charge in [-0.25, -0.2) is 0 Å². The highest BCUT2D eigenvalue weighted by Crippen LogP contribution is 2.30. The van der Waals surface area contributed by atoms with E-state index in [4.69, 9.17) is 4.74 Å². The van der Waals surface area contributed by atoms with Crippen LogP contribution < -0.4 is 4.74 Å². The van der Waals surface area contributed by atoms with E-state index in [1.165, 1.54) is 0 Å². The maximum Gasteiger partial charge on any atom is 0.325 e. The number of ether oxygens (including phenoxy) is 1. The minimum Gasteiger partial charge on any atom is -0.486 e. The third-order valence-corrected chi connectivity index (χ3v) is 3.15. The zero-order valence-corrected chi connectivity index (χ0v) is 11.0. The maximum absolute atomic E-state index is 10.9. The first-order valence-electron chi connectivity index (χ1n) is 5.64. The van der Waals surface area contributed by atoms with Crippen molar-refractivity contribution in [2.24, 2.45) is 5.16 Å². The summed E-state index contributed by atoms with van der Waals surface area (Å²) in [5, 5.41) is 5.75. The van der Waals surface area contributed by atoms with Crippen molar-refractivity contribution < 1.29 is 17.4 Å². The number of hydrogen-bond acceptors (Lipinski definition) is 5. The average Bonchev–Trinajstić information content (AvgIpc) is 2.75. The maximum atomic E-state index is 10.9. The minimum atomic E-state index is -3.60. The molecule has 0 unspecified atom stereocenters. The zero-order chi connectivity index (χ0) is 13.5. The second-order valence-corrected chi connectivity index (χ2v) is 5.86. The molecule has 0 saturated carbocycles. The molecule has 1 heterocycles. The molecule has 0 aliphatic carbocycles. The minimum absolute atomic E-state index is 0.209. The van der Waals surface area contributed by atoms with Gasteiger partial charge in [0.05, 0.1) is 6.26 Å². The first-order valence-corrected chi connectivity index (χ1v) is 7.46. The molecule has 0 saturated heterocycles. The van der Waals surface area contributed by atoms with Crippen LogP contribution in [-0.4, -0.2) is 27.0 Å². The van der Waals surface area contributed by atoms with E-state index in [1.807, 2.05) is 36.4 Å². The van der Waals surface area contributed by atoms with Crippen molar-refractivity contribution in [2.75, 3.05) is 12.9 Å². The number of benzene rings is 2. The number of rotatable bonds is 2. The Morgan fingerprint density at radius 2 is 1.89 bits per heavy atom. The van der Waals surface area contributed by atoms with Gasteiger partial charge in [-0.1, -0.05) is 29.4 Å². The standard InChI is InChI=1S/C13H11NO4S/c1-19(15,16)18-14-12-8-17-13-7-10-5-3-2-4-9(10)6-11(12)13/h2-7H,8H2,1H3. The summed E-state index contributed by atoms with van der Waals surface area (Å²) in [7, 11) is -3.60. The quantitative estimate of drug-likeness (QED) is 0.787. The van der Waals surface area contributed by atoms with Gasteiger partial charge in [0.2, 0.25) is 0 Å². The van der Waals surface area contributed by atoms with Gasteiger partial charge in [-0.05, 0) is 22.9 Å². The molecule has 0 N–H and O–H groups in total. The van der Waals surface area contributed by atoms with Crippen LogP contribution in [-0.2, 0) is 14.4 Å². The first kappa shape index (κ1) is 12.0. The van der Waals surface area contributed by atoms with Crippen LogP contribution in [0.2, 0.25) is 0 Å². The molecule has 19 heavy (non-hydrogen) atoms. The van der Waals surface area contributed by atoms with Crippen LogP contribution in [0, 0.1) is 0 Å². The average molecular weight is 277 g/mol. The van der Waals surface area contributed by atoms with Crippen LogP contribution in [0.25, 0.3) is 10.8 Å². The van der Waals surface area contributed by atoms with Crippen LogP contribution >= 0.6 is 0 Å². The Hall–Kier alpha value is -2.08. The molecule has 0 bridgehead atoms. The fourth-order valence-electron chi connectivity index (χ4n) is 1.98. The summed E-state index contributed by atoms with van der Waals surface area (Å²) in [6.45, 7) is 0.209. The van der Waals surface area contributed by atoms with E-state index in [9.17, 15) is 8.42 Å². The number of oxime groups is 1. The smallest absolute Gasteiger partial charge is 0.325 e. The lowest BCUT2D eigenvalue weighted by Crippen LogP contribution is -2.06. The monoisotopic (exact) mass is 277 g/mol. The summed E-state index contributed by atoms with van der Waals surface area (Å²) in [6.07, 6.45) is 0.953. The van der Waals surface area contributed by atoms with Crippen molar-refractivity contribution in [1.29, 1.82) is 0 Å². The highest BCUT2D eigenvalue weighted by Gasteiger charge is 2.21. The van der Waals surface area contributed by atoms with Gasteiger partial charge < -0.3 is 4.74 Å². The van der Waals surface area contributed by atoms with Crippen molar-refractivity contribution in [3.8, 4) is 5.75 Å². The van der Waals surface area contributed by atoms with Gasteiger partial charge in [0.15, 0.2) is 0 Å². The molecule has 5 nitrogen and oxygen atoms in total. The predicted molar refractivity (Wildman–Crippen MR) is 71.9 cm³/mol. The highest BCUT2D eigenvalue weighted by molar-refractivity contribution is 7.85. The summed E-state index contributed by atoms with van der Waals surface area (Å²) in [6, 6.07) is 11.7. The normalized spacial score (nSPS) is 16.4. The lowest BCUT2D eigenvalue weighted by molar-refractivity contribution is 0.336. The lowest BCUT2D eigenvalue weighted by Gasteiger charge is -2.01. The van der Waals surface area contributed by atoms with Crippen molar-refractivity contribution in [2.45, 2.75) is 0 Å². The van der Waals surface area contributed by atoms with Gasteiger partial charge in [0.1, 0.15) is 18.1 Å². The number of nitrogens with zero attached hydrogens (tertiary/aromatic N) is 1. The molecule has 6 heteroatoms. The van der Waals surface area contributed by atoms with Gasteiger partial charge in [0, 0.05) is 5.56 Å². The van der Waals surface area contributed by atoms with Gasteiger partial charge in [-0.2, -0.15) is 8.42 Å². The van der Waals surface area contributed by atoms with Crippen molar-refractivity contribution in [1.82, 2.24) is 0 Å². The third kappa shape index (κ3) is 2.39. The Morgan fingerprint density at radius 1 is 1.21 bits per heavy atom. The Kier molecular flexibility index (Phi) is 2.67. The summed E-state index contributed by atoms with van der Waals surface area (Å²) in [5.74, 6) is 0.689.